The highest BCUT2D eigenvalue weighted by molar-refractivity contribution is 5.78. The Kier molecular flexibility index (Phi) is 0.750. The number of aliphatic hydroxyl groups is 1. The molecular weight excluding hydrogens is 120 g/mol. The highest BCUT2D eigenvalue weighted by atomic mass is 16.6. The van der Waals surface area contributed by atoms with Gasteiger partial charge in [0, 0.05) is 5.41 Å². The van der Waals surface area contributed by atoms with Gasteiger partial charge in [0.05, 0.1) is 0 Å². The highest BCUT2D eigenvalue weighted by Crippen LogP contribution is 2.52. The molecule has 1 saturated carbocycles. The first-order valence-electron chi connectivity index (χ1n) is 3.09. The van der Waals surface area contributed by atoms with Gasteiger partial charge in [0.2, 0.25) is 0 Å². The molecule has 1 N–H and O–H groups in total. The number of ether oxygens (including phenoxy) is 1. The zero-order valence-electron chi connectivity index (χ0n) is 4.96. The number of hydrogen-bond acceptors (Lipinski definition) is 3. The molecule has 1 saturated heterocycles. The lowest BCUT2D eigenvalue weighted by Gasteiger charge is -2.02. The molecule has 2 rings (SSSR count). The van der Waals surface area contributed by atoms with E-state index in [-0.39, 0.29) is 5.41 Å². The Bertz CT molecular complexity index is 160. The summed E-state index contributed by atoms with van der Waals surface area (Å²) in [5.74, 6) is -0.437. The lowest BCUT2D eigenvalue weighted by atomic mass is 10.0. The van der Waals surface area contributed by atoms with E-state index in [1.165, 1.54) is 0 Å². The van der Waals surface area contributed by atoms with E-state index in [4.69, 9.17) is 5.11 Å². The summed E-state index contributed by atoms with van der Waals surface area (Å²) < 4.78 is 4.65. The largest absolute Gasteiger partial charge is 0.463 e. The summed E-state index contributed by atoms with van der Waals surface area (Å²) in [5.41, 5.74) is -0.142. The smallest absolute Gasteiger partial charge is 0.335 e. The fourth-order valence-corrected chi connectivity index (χ4v) is 1.20. The Hall–Kier alpha value is -0.570. The molecule has 1 atom stereocenters. The van der Waals surface area contributed by atoms with Crippen molar-refractivity contribution in [3.05, 3.63) is 0 Å². The summed E-state index contributed by atoms with van der Waals surface area (Å²) in [6.45, 7) is 0.438. The van der Waals surface area contributed by atoms with Crippen LogP contribution in [-0.4, -0.2) is 23.8 Å². The maximum absolute atomic E-state index is 10.6. The van der Waals surface area contributed by atoms with Gasteiger partial charge in [-0.15, -0.1) is 0 Å². The number of hydrogen-bond donors (Lipinski definition) is 1. The molecule has 3 nitrogen and oxygen atoms in total. The number of carbonyl (C=O) groups excluding carboxylic acids is 1. The molecule has 1 heterocycles. The number of rotatable bonds is 0. The monoisotopic (exact) mass is 128 g/mol. The molecule has 2 fully saturated rings. The van der Waals surface area contributed by atoms with E-state index >= 15 is 0 Å². The second-order valence-corrected chi connectivity index (χ2v) is 2.87. The van der Waals surface area contributed by atoms with Crippen molar-refractivity contribution in [2.24, 2.45) is 5.41 Å². The van der Waals surface area contributed by atoms with Crippen LogP contribution in [0.1, 0.15) is 12.8 Å². The topological polar surface area (TPSA) is 46.5 Å². The van der Waals surface area contributed by atoms with Crippen molar-refractivity contribution >= 4 is 5.97 Å². The second-order valence-electron chi connectivity index (χ2n) is 2.87. The number of carbonyl (C=O) groups is 1. The average molecular weight is 128 g/mol. The van der Waals surface area contributed by atoms with Gasteiger partial charge in [0.25, 0.3) is 0 Å². The molecule has 0 radical (unpaired) electrons. The van der Waals surface area contributed by atoms with Crippen molar-refractivity contribution < 1.29 is 14.6 Å². The summed E-state index contributed by atoms with van der Waals surface area (Å²) in [4.78, 5) is 10.6. The maximum Gasteiger partial charge on any atom is 0.335 e. The molecule has 1 unspecified atom stereocenters. The van der Waals surface area contributed by atoms with Crippen molar-refractivity contribution in [1.82, 2.24) is 0 Å². The van der Waals surface area contributed by atoms with Crippen molar-refractivity contribution in [2.75, 3.05) is 6.61 Å². The minimum Gasteiger partial charge on any atom is -0.463 e. The van der Waals surface area contributed by atoms with Gasteiger partial charge in [0.1, 0.15) is 6.61 Å². The Morgan fingerprint density at radius 3 is 2.56 bits per heavy atom. The van der Waals surface area contributed by atoms with E-state index in [0.717, 1.165) is 12.8 Å². The van der Waals surface area contributed by atoms with Crippen molar-refractivity contribution in [3.63, 3.8) is 0 Å². The molecule has 3 heteroatoms. The molecule has 1 aliphatic heterocycles. The predicted octanol–water partition coefficient (Wildman–Crippen LogP) is -0.316. The van der Waals surface area contributed by atoms with E-state index in [0.29, 0.717) is 6.61 Å². The maximum atomic E-state index is 10.6. The van der Waals surface area contributed by atoms with Gasteiger partial charge >= 0.3 is 5.97 Å². The van der Waals surface area contributed by atoms with E-state index in [1.807, 2.05) is 0 Å². The summed E-state index contributed by atoms with van der Waals surface area (Å²) in [6.07, 6.45) is 1.07. The molecule has 0 aromatic rings. The molecule has 0 aromatic carbocycles. The Morgan fingerprint density at radius 2 is 2.33 bits per heavy atom. The van der Waals surface area contributed by atoms with Gasteiger partial charge in [-0.3, -0.25) is 0 Å². The van der Waals surface area contributed by atoms with Crippen LogP contribution < -0.4 is 0 Å². The van der Waals surface area contributed by atoms with Crippen LogP contribution in [0.25, 0.3) is 0 Å². The predicted molar refractivity (Wildman–Crippen MR) is 28.6 cm³/mol. The molecule has 1 aliphatic carbocycles. The van der Waals surface area contributed by atoms with Crippen LogP contribution in [0.15, 0.2) is 0 Å². The van der Waals surface area contributed by atoms with Crippen LogP contribution in [0.4, 0.5) is 0 Å². The highest BCUT2D eigenvalue weighted by Gasteiger charge is 2.57. The summed E-state index contributed by atoms with van der Waals surface area (Å²) in [5, 5.41) is 9.11. The molecular formula is C6H8O3. The summed E-state index contributed by atoms with van der Waals surface area (Å²) >= 11 is 0. The average Bonchev–Trinajstić information content (AvgIpc) is 2.57. The summed E-state index contributed by atoms with van der Waals surface area (Å²) in [6, 6.07) is 0. The number of esters is 1. The van der Waals surface area contributed by atoms with Crippen LogP contribution in [0.2, 0.25) is 0 Å². The third-order valence-corrected chi connectivity index (χ3v) is 2.20. The van der Waals surface area contributed by atoms with Gasteiger partial charge in [-0.25, -0.2) is 4.79 Å². The third-order valence-electron chi connectivity index (χ3n) is 2.20. The van der Waals surface area contributed by atoms with E-state index in [1.54, 1.807) is 0 Å². The third kappa shape index (κ3) is 0.525. The van der Waals surface area contributed by atoms with Crippen LogP contribution in [-0.2, 0) is 9.53 Å². The fraction of sp³-hybridized carbons (Fsp3) is 0.833. The van der Waals surface area contributed by atoms with Gasteiger partial charge in [0.15, 0.2) is 6.10 Å². The van der Waals surface area contributed by atoms with Crippen molar-refractivity contribution in [2.45, 2.75) is 18.9 Å². The Labute approximate surface area is 52.6 Å². The fourth-order valence-electron chi connectivity index (χ4n) is 1.20. The Balaban J connectivity index is 2.22. The zero-order valence-corrected chi connectivity index (χ0v) is 4.96. The first kappa shape index (κ1) is 5.23. The van der Waals surface area contributed by atoms with Gasteiger partial charge in [-0.05, 0) is 12.8 Å². The van der Waals surface area contributed by atoms with E-state index < -0.39 is 12.1 Å². The minimum atomic E-state index is -0.822. The lowest BCUT2D eigenvalue weighted by Crippen LogP contribution is -2.22. The van der Waals surface area contributed by atoms with Gasteiger partial charge in [-0.1, -0.05) is 0 Å². The van der Waals surface area contributed by atoms with E-state index in [2.05, 4.69) is 4.74 Å². The normalized spacial score (nSPS) is 37.0. The van der Waals surface area contributed by atoms with E-state index in [9.17, 15) is 4.79 Å². The molecule has 0 amide bonds. The standard InChI is InChI=1S/C6H8O3/c7-4-5(8)9-3-6(4)1-2-6/h4,7H,1-3H2. The molecule has 50 valence electrons. The van der Waals surface area contributed by atoms with Crippen LogP contribution >= 0.6 is 0 Å². The SMILES string of the molecule is O=C1OCC2(CC2)C1O. The summed E-state index contributed by atoms with van der Waals surface area (Å²) in [7, 11) is 0. The quantitative estimate of drug-likeness (QED) is 0.455. The van der Waals surface area contributed by atoms with Gasteiger partial charge in [-0.2, -0.15) is 0 Å². The molecule has 2 aliphatic rings. The molecule has 0 bridgehead atoms. The van der Waals surface area contributed by atoms with Crippen LogP contribution in [0.5, 0.6) is 0 Å². The second kappa shape index (κ2) is 1.29. The van der Waals surface area contributed by atoms with Crippen LogP contribution in [0.3, 0.4) is 0 Å². The number of cyclic esters (lactones) is 1. The minimum absolute atomic E-state index is 0.142. The molecule has 9 heavy (non-hydrogen) atoms. The zero-order chi connectivity index (χ0) is 6.48. The van der Waals surface area contributed by atoms with Crippen LogP contribution in [0, 0.1) is 5.41 Å². The Morgan fingerprint density at radius 1 is 1.67 bits per heavy atom. The van der Waals surface area contributed by atoms with Crippen molar-refractivity contribution in [1.29, 1.82) is 0 Å². The number of aliphatic hydroxyl groups excluding tert-OH is 1. The van der Waals surface area contributed by atoms with Crippen molar-refractivity contribution in [3.8, 4) is 0 Å². The molecule has 0 aromatic heterocycles. The first-order valence-corrected chi connectivity index (χ1v) is 3.09. The van der Waals surface area contributed by atoms with Gasteiger partial charge < -0.3 is 9.84 Å². The molecule has 1 spiro atoms. The first-order chi connectivity index (χ1) is 4.25. The lowest BCUT2D eigenvalue weighted by molar-refractivity contribution is -0.144.